The van der Waals surface area contributed by atoms with Crippen molar-refractivity contribution in [3.05, 3.63) is 32.7 Å². The Balaban J connectivity index is 2.13. The predicted octanol–water partition coefficient (Wildman–Crippen LogP) is 2.00. The topological polar surface area (TPSA) is 95.0 Å². The number of hydrogen-bond acceptors (Lipinski definition) is 4. The molecule has 0 spiro atoms. The lowest BCUT2D eigenvalue weighted by molar-refractivity contribution is -0.384. The van der Waals surface area contributed by atoms with Crippen molar-refractivity contribution in [1.29, 1.82) is 0 Å². The van der Waals surface area contributed by atoms with Crippen LogP contribution in [0.5, 0.6) is 0 Å². The molecule has 7 heteroatoms. The summed E-state index contributed by atoms with van der Waals surface area (Å²) in [4.78, 5) is 29.5. The van der Waals surface area contributed by atoms with Gasteiger partial charge in [0.05, 0.1) is 16.0 Å². The number of hydrogen-bond donors (Lipinski definition) is 2. The summed E-state index contributed by atoms with van der Waals surface area (Å²) in [6.07, 6.45) is 2.17. The van der Waals surface area contributed by atoms with Crippen LogP contribution in [0.25, 0.3) is 11.0 Å². The number of nitro benzene ring substituents is 1. The fourth-order valence-corrected chi connectivity index (χ4v) is 2.87. The highest BCUT2D eigenvalue weighted by Gasteiger charge is 2.25. The van der Waals surface area contributed by atoms with Gasteiger partial charge in [-0.15, -0.1) is 0 Å². The molecular weight excluding hydrogens is 260 g/mol. The Hall–Kier alpha value is -2.31. The number of nitro groups is 1. The highest BCUT2D eigenvalue weighted by molar-refractivity contribution is 5.85. The molecule has 7 nitrogen and oxygen atoms in total. The van der Waals surface area contributed by atoms with Crippen LogP contribution >= 0.6 is 0 Å². The Morgan fingerprint density at radius 1 is 1.35 bits per heavy atom. The lowest BCUT2D eigenvalue weighted by atomic mass is 9.99. The molecule has 0 saturated carbocycles. The second-order valence-corrected chi connectivity index (χ2v) is 5.42. The molecule has 0 amide bonds. The largest absolute Gasteiger partial charge is 0.366 e. The first-order chi connectivity index (χ1) is 9.54. The minimum Gasteiger partial charge on any atom is -0.366 e. The monoisotopic (exact) mass is 276 g/mol. The molecule has 1 aliphatic rings. The van der Waals surface area contributed by atoms with Crippen molar-refractivity contribution in [2.75, 3.05) is 18.0 Å². The van der Waals surface area contributed by atoms with Crippen molar-refractivity contribution in [3.63, 3.8) is 0 Å². The smallest absolute Gasteiger partial charge is 0.323 e. The zero-order chi connectivity index (χ0) is 14.3. The average molecular weight is 276 g/mol. The molecule has 2 aromatic rings. The SMILES string of the molecule is CC1CCCN(c2cc3[nH]c(=O)[nH]c3cc2[N+](=O)[O-])C1. The van der Waals surface area contributed by atoms with Gasteiger partial charge in [0.2, 0.25) is 0 Å². The van der Waals surface area contributed by atoms with Crippen molar-refractivity contribution in [2.24, 2.45) is 5.92 Å². The maximum Gasteiger partial charge on any atom is 0.323 e. The van der Waals surface area contributed by atoms with E-state index in [0.717, 1.165) is 25.9 Å². The number of piperidine rings is 1. The second-order valence-electron chi connectivity index (χ2n) is 5.42. The molecule has 1 aromatic carbocycles. The summed E-state index contributed by atoms with van der Waals surface area (Å²) in [6.45, 7) is 3.76. The molecule has 0 radical (unpaired) electrons. The Morgan fingerprint density at radius 2 is 2.05 bits per heavy atom. The molecule has 1 fully saturated rings. The van der Waals surface area contributed by atoms with E-state index in [1.165, 1.54) is 6.07 Å². The van der Waals surface area contributed by atoms with Gasteiger partial charge < -0.3 is 14.9 Å². The molecule has 2 heterocycles. The van der Waals surface area contributed by atoms with E-state index in [2.05, 4.69) is 16.9 Å². The number of fused-ring (bicyclic) bond motifs is 1. The highest BCUT2D eigenvalue weighted by Crippen LogP contribution is 2.34. The molecule has 1 saturated heterocycles. The molecular formula is C13H16N4O3. The van der Waals surface area contributed by atoms with Gasteiger partial charge in [-0.05, 0) is 24.8 Å². The Labute approximate surface area is 114 Å². The van der Waals surface area contributed by atoms with Crippen molar-refractivity contribution in [2.45, 2.75) is 19.8 Å². The normalized spacial score (nSPS) is 19.4. The first kappa shape index (κ1) is 12.7. The maximum absolute atomic E-state index is 11.3. The number of imidazole rings is 1. The summed E-state index contributed by atoms with van der Waals surface area (Å²) in [7, 11) is 0. The van der Waals surface area contributed by atoms with Gasteiger partial charge in [-0.3, -0.25) is 10.1 Å². The fraction of sp³-hybridized carbons (Fsp3) is 0.462. The number of benzene rings is 1. The fourth-order valence-electron chi connectivity index (χ4n) is 2.87. The van der Waals surface area contributed by atoms with Crippen LogP contribution in [0.2, 0.25) is 0 Å². The van der Waals surface area contributed by atoms with Crippen LogP contribution in [0, 0.1) is 16.0 Å². The molecule has 1 unspecified atom stereocenters. The van der Waals surface area contributed by atoms with Gasteiger partial charge in [0.1, 0.15) is 5.69 Å². The van der Waals surface area contributed by atoms with Crippen LogP contribution in [0.4, 0.5) is 11.4 Å². The molecule has 106 valence electrons. The number of aromatic nitrogens is 2. The summed E-state index contributed by atoms with van der Waals surface area (Å²) < 4.78 is 0. The van der Waals surface area contributed by atoms with E-state index in [-0.39, 0.29) is 16.3 Å². The number of nitrogens with zero attached hydrogens (tertiary/aromatic N) is 2. The molecule has 1 atom stereocenters. The Kier molecular flexibility index (Phi) is 2.96. The zero-order valence-corrected chi connectivity index (χ0v) is 11.2. The van der Waals surface area contributed by atoms with Gasteiger partial charge in [0, 0.05) is 19.2 Å². The van der Waals surface area contributed by atoms with Gasteiger partial charge in [0.25, 0.3) is 5.69 Å². The number of rotatable bonds is 2. The van der Waals surface area contributed by atoms with Crippen LogP contribution in [0.1, 0.15) is 19.8 Å². The van der Waals surface area contributed by atoms with Crippen LogP contribution < -0.4 is 10.6 Å². The molecule has 2 N–H and O–H groups in total. The van der Waals surface area contributed by atoms with E-state index >= 15 is 0 Å². The molecule has 0 aliphatic carbocycles. The van der Waals surface area contributed by atoms with Crippen LogP contribution in [-0.4, -0.2) is 28.0 Å². The van der Waals surface area contributed by atoms with Crippen molar-refractivity contribution >= 4 is 22.4 Å². The van der Waals surface area contributed by atoms with E-state index in [9.17, 15) is 14.9 Å². The standard InChI is InChI=1S/C13H16N4O3/c1-8-3-2-4-16(7-8)11-5-9-10(15-13(18)14-9)6-12(11)17(19)20/h5-6,8H,2-4,7H2,1H3,(H2,14,15,18). The summed E-state index contributed by atoms with van der Waals surface area (Å²) in [6, 6.07) is 3.13. The molecule has 20 heavy (non-hydrogen) atoms. The zero-order valence-electron chi connectivity index (χ0n) is 11.2. The van der Waals surface area contributed by atoms with Crippen LogP contribution in [0.15, 0.2) is 16.9 Å². The van der Waals surface area contributed by atoms with Gasteiger partial charge >= 0.3 is 5.69 Å². The van der Waals surface area contributed by atoms with Crippen LogP contribution in [-0.2, 0) is 0 Å². The third-order valence-electron chi connectivity index (χ3n) is 3.81. The molecule has 1 aliphatic heterocycles. The third kappa shape index (κ3) is 2.15. The summed E-state index contributed by atoms with van der Waals surface area (Å²) in [5, 5.41) is 11.3. The average Bonchev–Trinajstić information content (AvgIpc) is 2.76. The Morgan fingerprint density at radius 3 is 2.70 bits per heavy atom. The van der Waals surface area contributed by atoms with Crippen molar-refractivity contribution in [1.82, 2.24) is 9.97 Å². The first-order valence-electron chi connectivity index (χ1n) is 6.70. The third-order valence-corrected chi connectivity index (χ3v) is 3.81. The molecule has 1 aromatic heterocycles. The maximum atomic E-state index is 11.3. The van der Waals surface area contributed by atoms with E-state index in [4.69, 9.17) is 0 Å². The lowest BCUT2D eigenvalue weighted by Crippen LogP contribution is -2.34. The Bertz CT molecular complexity index is 718. The van der Waals surface area contributed by atoms with Gasteiger partial charge in [0.15, 0.2) is 0 Å². The van der Waals surface area contributed by atoms with E-state index < -0.39 is 0 Å². The van der Waals surface area contributed by atoms with E-state index in [1.54, 1.807) is 6.07 Å². The number of nitrogens with one attached hydrogen (secondary N) is 2. The number of anilines is 1. The quantitative estimate of drug-likeness (QED) is 0.647. The first-order valence-corrected chi connectivity index (χ1v) is 6.70. The highest BCUT2D eigenvalue weighted by atomic mass is 16.6. The summed E-state index contributed by atoms with van der Waals surface area (Å²) in [5.74, 6) is 0.518. The summed E-state index contributed by atoms with van der Waals surface area (Å²) in [5.41, 5.74) is 1.36. The molecule has 0 bridgehead atoms. The van der Waals surface area contributed by atoms with Crippen molar-refractivity contribution < 1.29 is 4.92 Å². The van der Waals surface area contributed by atoms with Gasteiger partial charge in [-0.1, -0.05) is 6.92 Å². The lowest BCUT2D eigenvalue weighted by Gasteiger charge is -2.32. The summed E-state index contributed by atoms with van der Waals surface area (Å²) >= 11 is 0. The van der Waals surface area contributed by atoms with Gasteiger partial charge in [-0.25, -0.2) is 4.79 Å². The van der Waals surface area contributed by atoms with E-state index in [0.29, 0.717) is 22.6 Å². The molecule has 3 rings (SSSR count). The van der Waals surface area contributed by atoms with E-state index in [1.807, 2.05) is 4.90 Å². The predicted molar refractivity (Wildman–Crippen MR) is 76.2 cm³/mol. The minimum atomic E-state index is -0.390. The number of H-pyrrole nitrogens is 2. The van der Waals surface area contributed by atoms with Crippen LogP contribution in [0.3, 0.4) is 0 Å². The minimum absolute atomic E-state index is 0.0434. The van der Waals surface area contributed by atoms with Crippen molar-refractivity contribution in [3.8, 4) is 0 Å². The number of aromatic amines is 2. The van der Waals surface area contributed by atoms with Gasteiger partial charge in [-0.2, -0.15) is 0 Å². The second kappa shape index (κ2) is 4.66.